The van der Waals surface area contributed by atoms with Crippen molar-refractivity contribution in [3.05, 3.63) is 64.6 Å². The fourth-order valence-corrected chi connectivity index (χ4v) is 4.14. The van der Waals surface area contributed by atoms with Gasteiger partial charge >= 0.3 is 0 Å². The molecule has 2 aromatic carbocycles. The van der Waals surface area contributed by atoms with E-state index in [1.54, 1.807) is 0 Å². The van der Waals surface area contributed by atoms with Crippen molar-refractivity contribution in [2.45, 2.75) is 24.5 Å². The summed E-state index contributed by atoms with van der Waals surface area (Å²) in [6, 6.07) is 15.7. The molecule has 0 saturated heterocycles. The van der Waals surface area contributed by atoms with Gasteiger partial charge < -0.3 is 14.8 Å². The predicted molar refractivity (Wildman–Crippen MR) is 119 cm³/mol. The summed E-state index contributed by atoms with van der Waals surface area (Å²) in [5, 5.41) is 2.75. The lowest BCUT2D eigenvalue weighted by molar-refractivity contribution is -0.127. The Balaban J connectivity index is 1.81. The molecule has 0 aliphatic carbocycles. The van der Waals surface area contributed by atoms with E-state index in [2.05, 4.69) is 24.4 Å². The molecule has 0 atom stereocenters. The van der Waals surface area contributed by atoms with E-state index < -0.39 is 6.29 Å². The van der Waals surface area contributed by atoms with Gasteiger partial charge in [0.25, 0.3) is 5.91 Å². The number of anilines is 1. The number of ether oxygens (including phenoxy) is 2. The molecule has 30 heavy (non-hydrogen) atoms. The fourth-order valence-electron chi connectivity index (χ4n) is 3.08. The first-order chi connectivity index (χ1) is 14.5. The molecular formula is C23H26N2O4S. The maximum atomic E-state index is 13.2. The van der Waals surface area contributed by atoms with Gasteiger partial charge in [-0.05, 0) is 35.8 Å². The van der Waals surface area contributed by atoms with Crippen LogP contribution in [0.1, 0.15) is 18.1 Å². The van der Waals surface area contributed by atoms with Crippen molar-refractivity contribution in [3.63, 3.8) is 0 Å². The molecule has 2 amide bonds. The molecule has 1 N–H and O–H groups in total. The average molecular weight is 427 g/mol. The third-order valence-electron chi connectivity index (χ3n) is 4.81. The second-order valence-corrected chi connectivity index (χ2v) is 7.85. The van der Waals surface area contributed by atoms with Crippen LogP contribution in [0.4, 0.5) is 5.69 Å². The van der Waals surface area contributed by atoms with E-state index in [9.17, 15) is 9.59 Å². The third kappa shape index (κ3) is 5.30. The summed E-state index contributed by atoms with van der Waals surface area (Å²) in [7, 11) is 3.01. The van der Waals surface area contributed by atoms with Crippen LogP contribution < -0.4 is 10.2 Å². The standard InChI is InChI=1S/C23H26N2O4S/c1-4-16-9-11-17(12-10-16)13-20-23(27)25(18-7-5-6-8-19(18)30-20)15-21(26)24-14-22(28-2)29-3/h5-13,22H,4,14-15H2,1-3H3,(H,24,26)/b20-13+. The first-order valence-corrected chi connectivity index (χ1v) is 10.6. The minimum Gasteiger partial charge on any atom is -0.354 e. The van der Waals surface area contributed by atoms with Gasteiger partial charge in [-0.2, -0.15) is 0 Å². The van der Waals surface area contributed by atoms with E-state index in [0.717, 1.165) is 22.6 Å². The number of aryl methyl sites for hydroxylation is 1. The number of hydrogen-bond acceptors (Lipinski definition) is 5. The molecule has 7 heteroatoms. The first-order valence-electron chi connectivity index (χ1n) is 9.77. The van der Waals surface area contributed by atoms with Crippen molar-refractivity contribution in [2.24, 2.45) is 0 Å². The number of nitrogens with zero attached hydrogens (tertiary/aromatic N) is 1. The van der Waals surface area contributed by atoms with Gasteiger partial charge in [-0.15, -0.1) is 0 Å². The largest absolute Gasteiger partial charge is 0.354 e. The number of fused-ring (bicyclic) bond motifs is 1. The monoisotopic (exact) mass is 426 g/mol. The second kappa shape index (κ2) is 10.4. The van der Waals surface area contributed by atoms with Crippen LogP contribution in [-0.4, -0.2) is 45.4 Å². The highest BCUT2D eigenvalue weighted by Gasteiger charge is 2.30. The number of methoxy groups -OCH3 is 2. The van der Waals surface area contributed by atoms with Gasteiger partial charge in [0.05, 0.1) is 17.1 Å². The van der Waals surface area contributed by atoms with Crippen molar-refractivity contribution in [3.8, 4) is 0 Å². The Morgan fingerprint density at radius 1 is 1.13 bits per heavy atom. The van der Waals surface area contributed by atoms with Crippen LogP contribution in [-0.2, 0) is 25.5 Å². The maximum absolute atomic E-state index is 13.2. The second-order valence-electron chi connectivity index (χ2n) is 6.77. The highest BCUT2D eigenvalue weighted by Crippen LogP contribution is 2.41. The minimum atomic E-state index is -0.532. The van der Waals surface area contributed by atoms with E-state index in [0.29, 0.717) is 4.91 Å². The lowest BCUT2D eigenvalue weighted by Crippen LogP contribution is -2.44. The van der Waals surface area contributed by atoms with Crippen LogP contribution in [0.3, 0.4) is 0 Å². The van der Waals surface area contributed by atoms with E-state index in [1.165, 1.54) is 36.4 Å². The smallest absolute Gasteiger partial charge is 0.265 e. The lowest BCUT2D eigenvalue weighted by atomic mass is 10.1. The molecule has 0 radical (unpaired) electrons. The molecule has 1 heterocycles. The van der Waals surface area contributed by atoms with E-state index in [4.69, 9.17) is 9.47 Å². The van der Waals surface area contributed by atoms with Crippen LogP contribution in [0.5, 0.6) is 0 Å². The van der Waals surface area contributed by atoms with Crippen LogP contribution in [0.25, 0.3) is 6.08 Å². The molecule has 0 spiro atoms. The summed E-state index contributed by atoms with van der Waals surface area (Å²) in [5.41, 5.74) is 2.93. The van der Waals surface area contributed by atoms with Crippen LogP contribution in [0, 0.1) is 0 Å². The molecule has 1 aliphatic rings. The minimum absolute atomic E-state index is 0.0807. The third-order valence-corrected chi connectivity index (χ3v) is 5.89. The summed E-state index contributed by atoms with van der Waals surface area (Å²) in [6.07, 6.45) is 2.31. The number of rotatable bonds is 8. The first kappa shape index (κ1) is 22.1. The van der Waals surface area contributed by atoms with Crippen LogP contribution in [0.15, 0.2) is 58.3 Å². The Bertz CT molecular complexity index is 923. The number of carbonyl (C=O) groups excluding carboxylic acids is 2. The Kier molecular flexibility index (Phi) is 7.68. The lowest BCUT2D eigenvalue weighted by Gasteiger charge is -2.30. The van der Waals surface area contributed by atoms with Gasteiger partial charge in [0, 0.05) is 19.1 Å². The zero-order valence-corrected chi connectivity index (χ0v) is 18.2. The van der Waals surface area contributed by atoms with E-state index >= 15 is 0 Å². The van der Waals surface area contributed by atoms with E-state index in [1.807, 2.05) is 42.5 Å². The number of amides is 2. The van der Waals surface area contributed by atoms with Crippen LogP contribution >= 0.6 is 11.8 Å². The summed E-state index contributed by atoms with van der Waals surface area (Å²) >= 11 is 1.42. The van der Waals surface area contributed by atoms with E-state index in [-0.39, 0.29) is 24.9 Å². The Morgan fingerprint density at radius 3 is 2.50 bits per heavy atom. The van der Waals surface area contributed by atoms with Gasteiger partial charge in [0.15, 0.2) is 6.29 Å². The topological polar surface area (TPSA) is 67.9 Å². The number of para-hydroxylation sites is 1. The SMILES string of the molecule is CCc1ccc(/C=C2/Sc3ccccc3N(CC(=O)NCC(OC)OC)C2=O)cc1. The maximum Gasteiger partial charge on any atom is 0.265 e. The molecule has 1 aliphatic heterocycles. The quantitative estimate of drug-likeness (QED) is 0.517. The zero-order valence-electron chi connectivity index (χ0n) is 17.4. The Labute approximate surface area is 181 Å². The van der Waals surface area contributed by atoms with Crippen molar-refractivity contribution in [1.29, 1.82) is 0 Å². The molecule has 0 saturated carbocycles. The predicted octanol–water partition coefficient (Wildman–Crippen LogP) is 3.46. The van der Waals surface area contributed by atoms with Gasteiger partial charge in [-0.3, -0.25) is 14.5 Å². The zero-order chi connectivity index (χ0) is 21.5. The molecule has 158 valence electrons. The molecule has 6 nitrogen and oxygen atoms in total. The molecule has 0 unspecified atom stereocenters. The summed E-state index contributed by atoms with van der Waals surface area (Å²) < 4.78 is 10.2. The van der Waals surface area contributed by atoms with Crippen molar-refractivity contribution in [1.82, 2.24) is 5.32 Å². The Morgan fingerprint density at radius 2 is 1.83 bits per heavy atom. The van der Waals surface area contributed by atoms with Gasteiger partial charge in [-0.25, -0.2) is 0 Å². The number of hydrogen-bond donors (Lipinski definition) is 1. The Hall–Kier alpha value is -2.61. The van der Waals surface area contributed by atoms with Crippen molar-refractivity contribution < 1.29 is 19.1 Å². The summed E-state index contributed by atoms with van der Waals surface area (Å²) in [6.45, 7) is 2.23. The summed E-state index contributed by atoms with van der Waals surface area (Å²) in [5.74, 6) is -0.473. The number of carbonyl (C=O) groups is 2. The molecule has 0 bridgehead atoms. The van der Waals surface area contributed by atoms with Crippen LogP contribution in [0.2, 0.25) is 0 Å². The average Bonchev–Trinajstić information content (AvgIpc) is 2.77. The molecule has 0 fully saturated rings. The molecule has 3 rings (SSSR count). The molecule has 2 aromatic rings. The highest BCUT2D eigenvalue weighted by molar-refractivity contribution is 8.04. The normalized spacial score (nSPS) is 14.9. The number of benzene rings is 2. The highest BCUT2D eigenvalue weighted by atomic mass is 32.2. The van der Waals surface area contributed by atoms with Gasteiger partial charge in [-0.1, -0.05) is 55.1 Å². The van der Waals surface area contributed by atoms with Gasteiger partial charge in [0.1, 0.15) is 6.54 Å². The van der Waals surface area contributed by atoms with Crippen molar-refractivity contribution in [2.75, 3.05) is 32.2 Å². The summed E-state index contributed by atoms with van der Waals surface area (Å²) in [4.78, 5) is 28.7. The van der Waals surface area contributed by atoms with Gasteiger partial charge in [0.2, 0.25) is 5.91 Å². The molecular weight excluding hydrogens is 400 g/mol. The number of thioether (sulfide) groups is 1. The van der Waals surface area contributed by atoms with Crippen molar-refractivity contribution >= 4 is 35.3 Å². The molecule has 0 aromatic heterocycles. The number of nitrogens with one attached hydrogen (secondary N) is 1. The fraction of sp³-hybridized carbons (Fsp3) is 0.304.